The Morgan fingerprint density at radius 3 is 2.86 bits per heavy atom. The number of hydrogen-bond acceptors (Lipinski definition) is 3. The topological polar surface area (TPSA) is 59.8 Å². The fourth-order valence-corrected chi connectivity index (χ4v) is 2.48. The molecule has 3 rings (SSSR count). The van der Waals surface area contributed by atoms with Crippen molar-refractivity contribution in [1.82, 2.24) is 20.1 Å². The van der Waals surface area contributed by atoms with Gasteiger partial charge in [0.1, 0.15) is 0 Å². The Hall–Kier alpha value is -2.47. The summed E-state index contributed by atoms with van der Waals surface area (Å²) in [5, 5.41) is 7.08. The van der Waals surface area contributed by atoms with Gasteiger partial charge in [-0.05, 0) is 30.3 Å². The van der Waals surface area contributed by atoms with Crippen molar-refractivity contribution in [2.45, 2.75) is 6.54 Å². The maximum absolute atomic E-state index is 12.2. The maximum Gasteiger partial charge on any atom is 0.251 e. The molecule has 110 valence electrons. The van der Waals surface area contributed by atoms with Gasteiger partial charge >= 0.3 is 0 Å². The average molecular weight is 357 g/mol. The standard InChI is InChI=1S/C16H13BrN4O/c17-14-6-1-4-12(10-14)16(22)19-11-13-5-2-7-18-15(13)21-9-3-8-20-21/h1-10H,11H2,(H,19,22). The summed E-state index contributed by atoms with van der Waals surface area (Å²) in [4.78, 5) is 16.5. The van der Waals surface area contributed by atoms with Crippen molar-refractivity contribution in [2.24, 2.45) is 0 Å². The highest BCUT2D eigenvalue weighted by Gasteiger charge is 2.09. The van der Waals surface area contributed by atoms with Gasteiger partial charge in [0, 0.05) is 40.7 Å². The van der Waals surface area contributed by atoms with Gasteiger partial charge in [-0.2, -0.15) is 5.10 Å². The zero-order chi connectivity index (χ0) is 15.4. The van der Waals surface area contributed by atoms with Crippen molar-refractivity contribution in [3.8, 4) is 5.82 Å². The average Bonchev–Trinajstić information content (AvgIpc) is 3.07. The fraction of sp³-hybridized carbons (Fsp3) is 0.0625. The summed E-state index contributed by atoms with van der Waals surface area (Å²) in [6, 6.07) is 12.9. The Bertz CT molecular complexity index is 786. The highest BCUT2D eigenvalue weighted by atomic mass is 79.9. The molecule has 2 aromatic heterocycles. The Morgan fingerprint density at radius 2 is 2.09 bits per heavy atom. The van der Waals surface area contributed by atoms with Gasteiger partial charge in [0.05, 0.1) is 0 Å². The molecule has 0 fully saturated rings. The summed E-state index contributed by atoms with van der Waals surface area (Å²) < 4.78 is 2.55. The van der Waals surface area contributed by atoms with E-state index in [1.54, 1.807) is 29.2 Å². The van der Waals surface area contributed by atoms with E-state index >= 15 is 0 Å². The lowest BCUT2D eigenvalue weighted by atomic mass is 10.2. The highest BCUT2D eigenvalue weighted by Crippen LogP contribution is 2.13. The third-order valence-electron chi connectivity index (χ3n) is 3.12. The predicted molar refractivity (Wildman–Crippen MR) is 86.7 cm³/mol. The lowest BCUT2D eigenvalue weighted by Crippen LogP contribution is -2.23. The van der Waals surface area contributed by atoms with E-state index in [1.807, 2.05) is 36.5 Å². The van der Waals surface area contributed by atoms with E-state index in [9.17, 15) is 4.79 Å². The lowest BCUT2D eigenvalue weighted by molar-refractivity contribution is 0.0951. The number of hydrogen-bond donors (Lipinski definition) is 1. The van der Waals surface area contributed by atoms with Gasteiger partial charge in [-0.25, -0.2) is 9.67 Å². The van der Waals surface area contributed by atoms with Gasteiger partial charge in [-0.15, -0.1) is 0 Å². The van der Waals surface area contributed by atoms with Crippen LogP contribution in [0.1, 0.15) is 15.9 Å². The minimum absolute atomic E-state index is 0.128. The van der Waals surface area contributed by atoms with Crippen LogP contribution in [-0.2, 0) is 6.54 Å². The molecule has 1 aromatic carbocycles. The van der Waals surface area contributed by atoms with E-state index in [-0.39, 0.29) is 5.91 Å². The first-order valence-corrected chi connectivity index (χ1v) is 7.51. The quantitative estimate of drug-likeness (QED) is 0.781. The van der Waals surface area contributed by atoms with Gasteiger partial charge in [0.2, 0.25) is 0 Å². The van der Waals surface area contributed by atoms with Gasteiger partial charge in [-0.1, -0.05) is 28.1 Å². The number of pyridine rings is 1. The number of nitrogens with one attached hydrogen (secondary N) is 1. The van der Waals surface area contributed by atoms with Crippen molar-refractivity contribution in [2.75, 3.05) is 0 Å². The normalized spacial score (nSPS) is 10.4. The summed E-state index contributed by atoms with van der Waals surface area (Å²) >= 11 is 3.36. The summed E-state index contributed by atoms with van der Waals surface area (Å²) in [6.07, 6.45) is 5.22. The molecule has 0 aliphatic heterocycles. The van der Waals surface area contributed by atoms with Crippen LogP contribution in [0, 0.1) is 0 Å². The number of nitrogens with zero attached hydrogens (tertiary/aromatic N) is 3. The molecule has 5 nitrogen and oxygen atoms in total. The van der Waals surface area contributed by atoms with Crippen LogP contribution in [0.2, 0.25) is 0 Å². The Balaban J connectivity index is 1.76. The minimum atomic E-state index is -0.128. The molecule has 2 heterocycles. The van der Waals surface area contributed by atoms with Crippen LogP contribution in [-0.4, -0.2) is 20.7 Å². The minimum Gasteiger partial charge on any atom is -0.348 e. The summed E-state index contributed by atoms with van der Waals surface area (Å²) in [5.41, 5.74) is 1.51. The molecular formula is C16H13BrN4O. The van der Waals surface area contributed by atoms with Gasteiger partial charge in [0.25, 0.3) is 5.91 Å². The SMILES string of the molecule is O=C(NCc1cccnc1-n1cccn1)c1cccc(Br)c1. The van der Waals surface area contributed by atoms with Crippen LogP contribution < -0.4 is 5.32 Å². The molecule has 0 radical (unpaired) electrons. The van der Waals surface area contributed by atoms with Gasteiger partial charge < -0.3 is 5.32 Å². The van der Waals surface area contributed by atoms with Crippen molar-refractivity contribution < 1.29 is 4.79 Å². The molecule has 0 unspecified atom stereocenters. The number of halogens is 1. The molecule has 1 amide bonds. The summed E-state index contributed by atoms with van der Waals surface area (Å²) in [6.45, 7) is 0.383. The number of benzene rings is 1. The molecule has 6 heteroatoms. The molecule has 0 saturated heterocycles. The van der Waals surface area contributed by atoms with Crippen LogP contribution in [0.5, 0.6) is 0 Å². The molecule has 22 heavy (non-hydrogen) atoms. The first-order valence-electron chi connectivity index (χ1n) is 6.72. The molecule has 0 spiro atoms. The molecular weight excluding hydrogens is 344 g/mol. The van der Waals surface area contributed by atoms with Crippen molar-refractivity contribution in [3.05, 3.63) is 76.7 Å². The molecule has 0 saturated carbocycles. The Morgan fingerprint density at radius 1 is 1.18 bits per heavy atom. The highest BCUT2D eigenvalue weighted by molar-refractivity contribution is 9.10. The monoisotopic (exact) mass is 356 g/mol. The smallest absolute Gasteiger partial charge is 0.251 e. The van der Waals surface area contributed by atoms with Crippen LogP contribution in [0.3, 0.4) is 0 Å². The van der Waals surface area contributed by atoms with E-state index in [0.717, 1.165) is 10.0 Å². The zero-order valence-electron chi connectivity index (χ0n) is 11.6. The third kappa shape index (κ3) is 3.23. The number of rotatable bonds is 4. The second-order valence-corrected chi connectivity index (χ2v) is 5.55. The number of aromatic nitrogens is 3. The predicted octanol–water partition coefficient (Wildman–Crippen LogP) is 2.96. The third-order valence-corrected chi connectivity index (χ3v) is 3.61. The first kappa shape index (κ1) is 14.5. The Labute approximate surface area is 136 Å². The second kappa shape index (κ2) is 6.53. The number of amides is 1. The molecule has 0 atom stereocenters. The fourth-order valence-electron chi connectivity index (χ4n) is 2.08. The summed E-state index contributed by atoms with van der Waals surface area (Å²) in [5.74, 6) is 0.582. The maximum atomic E-state index is 12.2. The molecule has 0 aliphatic rings. The van der Waals surface area contributed by atoms with E-state index in [2.05, 4.69) is 31.3 Å². The first-order chi connectivity index (χ1) is 10.7. The molecule has 0 aliphatic carbocycles. The number of carbonyl (C=O) groups is 1. The van der Waals surface area contributed by atoms with Crippen LogP contribution in [0.4, 0.5) is 0 Å². The molecule has 3 aromatic rings. The molecule has 1 N–H and O–H groups in total. The zero-order valence-corrected chi connectivity index (χ0v) is 13.2. The van der Waals surface area contributed by atoms with E-state index in [0.29, 0.717) is 17.9 Å². The van der Waals surface area contributed by atoms with Crippen molar-refractivity contribution in [1.29, 1.82) is 0 Å². The second-order valence-electron chi connectivity index (χ2n) is 4.63. The largest absolute Gasteiger partial charge is 0.348 e. The van der Waals surface area contributed by atoms with Crippen LogP contribution in [0.25, 0.3) is 5.82 Å². The molecule has 0 bridgehead atoms. The van der Waals surface area contributed by atoms with Crippen molar-refractivity contribution >= 4 is 21.8 Å². The van der Waals surface area contributed by atoms with E-state index in [4.69, 9.17) is 0 Å². The Kier molecular flexibility index (Phi) is 4.29. The number of carbonyl (C=O) groups excluding carboxylic acids is 1. The van der Waals surface area contributed by atoms with E-state index < -0.39 is 0 Å². The summed E-state index contributed by atoms with van der Waals surface area (Å²) in [7, 11) is 0. The van der Waals surface area contributed by atoms with E-state index in [1.165, 1.54) is 0 Å². The van der Waals surface area contributed by atoms with Gasteiger partial charge in [-0.3, -0.25) is 4.79 Å². The van der Waals surface area contributed by atoms with Crippen LogP contribution >= 0.6 is 15.9 Å². The van der Waals surface area contributed by atoms with Gasteiger partial charge in [0.15, 0.2) is 5.82 Å². The van der Waals surface area contributed by atoms with Crippen molar-refractivity contribution in [3.63, 3.8) is 0 Å². The van der Waals surface area contributed by atoms with Crippen LogP contribution in [0.15, 0.2) is 65.5 Å². The lowest BCUT2D eigenvalue weighted by Gasteiger charge is -2.10.